The zero-order chi connectivity index (χ0) is 14.7. The van der Waals surface area contributed by atoms with Gasteiger partial charge in [0.25, 0.3) is 5.91 Å². The number of carboxylic acids is 1. The first kappa shape index (κ1) is 13.7. The first-order chi connectivity index (χ1) is 9.52. The summed E-state index contributed by atoms with van der Waals surface area (Å²) >= 11 is 0. The van der Waals surface area contributed by atoms with Gasteiger partial charge in [-0.1, -0.05) is 0 Å². The highest BCUT2D eigenvalue weighted by Crippen LogP contribution is 2.13. The number of hydrogen-bond donors (Lipinski definition) is 2. The number of carbonyl (C=O) groups excluding carboxylic acids is 1. The lowest BCUT2D eigenvalue weighted by atomic mass is 10.2. The molecule has 0 saturated heterocycles. The summed E-state index contributed by atoms with van der Waals surface area (Å²) < 4.78 is 1.55. The van der Waals surface area contributed by atoms with Gasteiger partial charge >= 0.3 is 5.97 Å². The summed E-state index contributed by atoms with van der Waals surface area (Å²) in [5.41, 5.74) is 1.03. The van der Waals surface area contributed by atoms with Crippen molar-refractivity contribution < 1.29 is 14.7 Å². The van der Waals surface area contributed by atoms with Gasteiger partial charge in [0.1, 0.15) is 17.1 Å². The van der Waals surface area contributed by atoms with E-state index >= 15 is 0 Å². The maximum Gasteiger partial charge on any atom is 0.339 e. The standard InChI is InChI=1S/C13H14N4O3/c1-3-17-10(7-8(2)16-17)12(18)15-11-9(13(19)20)5-4-6-14-11/h4-7H,3H2,1-2H3,(H,19,20)(H,14,15,18). The molecular formula is C13H14N4O3. The summed E-state index contributed by atoms with van der Waals surface area (Å²) in [6, 6.07) is 4.52. The first-order valence-electron chi connectivity index (χ1n) is 6.07. The fourth-order valence-electron chi connectivity index (χ4n) is 1.82. The van der Waals surface area contributed by atoms with E-state index in [9.17, 15) is 9.59 Å². The SMILES string of the molecule is CCn1nc(C)cc1C(=O)Nc1ncccc1C(=O)O. The number of carboxylic acid groups (broad SMARTS) is 1. The third kappa shape index (κ3) is 2.66. The van der Waals surface area contributed by atoms with E-state index in [1.54, 1.807) is 17.7 Å². The van der Waals surface area contributed by atoms with Crippen molar-refractivity contribution in [1.82, 2.24) is 14.8 Å². The third-order valence-electron chi connectivity index (χ3n) is 2.70. The number of hydrogen-bond acceptors (Lipinski definition) is 4. The number of aryl methyl sites for hydroxylation is 2. The van der Waals surface area contributed by atoms with Gasteiger partial charge in [0.2, 0.25) is 0 Å². The molecule has 2 heterocycles. The molecule has 0 atom stereocenters. The summed E-state index contributed by atoms with van der Waals surface area (Å²) in [7, 11) is 0. The normalized spacial score (nSPS) is 10.3. The predicted molar refractivity (Wildman–Crippen MR) is 71.8 cm³/mol. The zero-order valence-corrected chi connectivity index (χ0v) is 11.1. The van der Waals surface area contributed by atoms with Gasteiger partial charge in [-0.15, -0.1) is 0 Å². The Bertz CT molecular complexity index is 663. The molecule has 2 aromatic heterocycles. The van der Waals surface area contributed by atoms with Gasteiger partial charge in [0, 0.05) is 12.7 Å². The van der Waals surface area contributed by atoms with Crippen molar-refractivity contribution in [3.8, 4) is 0 Å². The Morgan fingerprint density at radius 2 is 2.20 bits per heavy atom. The Kier molecular flexibility index (Phi) is 3.79. The van der Waals surface area contributed by atoms with Crippen molar-refractivity contribution in [3.05, 3.63) is 41.3 Å². The van der Waals surface area contributed by atoms with Crippen LogP contribution in [0.2, 0.25) is 0 Å². The number of aromatic nitrogens is 3. The molecule has 2 rings (SSSR count). The molecule has 0 radical (unpaired) electrons. The number of nitrogens with zero attached hydrogens (tertiary/aromatic N) is 3. The van der Waals surface area contributed by atoms with Gasteiger partial charge in [0.05, 0.1) is 5.69 Å². The predicted octanol–water partition coefficient (Wildman–Crippen LogP) is 1.56. The van der Waals surface area contributed by atoms with Gasteiger partial charge < -0.3 is 10.4 Å². The third-order valence-corrected chi connectivity index (χ3v) is 2.70. The number of nitrogens with one attached hydrogen (secondary N) is 1. The van der Waals surface area contributed by atoms with E-state index in [1.165, 1.54) is 18.3 Å². The van der Waals surface area contributed by atoms with Crippen LogP contribution in [0.15, 0.2) is 24.4 Å². The minimum absolute atomic E-state index is 0.0199. The molecule has 0 spiro atoms. The average molecular weight is 274 g/mol. The molecule has 7 heteroatoms. The smallest absolute Gasteiger partial charge is 0.339 e. The van der Waals surface area contributed by atoms with Crippen LogP contribution >= 0.6 is 0 Å². The zero-order valence-electron chi connectivity index (χ0n) is 11.1. The van der Waals surface area contributed by atoms with Gasteiger partial charge in [-0.3, -0.25) is 9.48 Å². The molecule has 0 aliphatic heterocycles. The largest absolute Gasteiger partial charge is 0.478 e. The quantitative estimate of drug-likeness (QED) is 0.881. The van der Waals surface area contributed by atoms with Crippen LogP contribution in [-0.4, -0.2) is 31.7 Å². The molecule has 0 unspecified atom stereocenters. The van der Waals surface area contributed by atoms with Gasteiger partial charge in [0.15, 0.2) is 0 Å². The summed E-state index contributed by atoms with van der Waals surface area (Å²) in [5.74, 6) is -1.56. The van der Waals surface area contributed by atoms with E-state index < -0.39 is 11.9 Å². The molecule has 2 N–H and O–H groups in total. The molecular weight excluding hydrogens is 260 g/mol. The molecule has 1 amide bonds. The fourth-order valence-corrected chi connectivity index (χ4v) is 1.82. The molecule has 0 saturated carbocycles. The molecule has 104 valence electrons. The fraction of sp³-hybridized carbons (Fsp3) is 0.231. The van der Waals surface area contributed by atoms with Crippen LogP contribution in [0.1, 0.15) is 33.5 Å². The van der Waals surface area contributed by atoms with E-state index in [0.717, 1.165) is 5.69 Å². The minimum Gasteiger partial charge on any atom is -0.478 e. The van der Waals surface area contributed by atoms with Crippen LogP contribution in [0.5, 0.6) is 0 Å². The van der Waals surface area contributed by atoms with Gasteiger partial charge in [-0.2, -0.15) is 5.10 Å². The summed E-state index contributed by atoms with van der Waals surface area (Å²) in [5, 5.41) is 15.7. The second-order valence-electron chi connectivity index (χ2n) is 4.15. The highest BCUT2D eigenvalue weighted by Gasteiger charge is 2.17. The van der Waals surface area contributed by atoms with Crippen molar-refractivity contribution in [3.63, 3.8) is 0 Å². The highest BCUT2D eigenvalue weighted by atomic mass is 16.4. The Balaban J connectivity index is 2.30. The molecule has 7 nitrogen and oxygen atoms in total. The lowest BCUT2D eigenvalue weighted by Gasteiger charge is -2.07. The van der Waals surface area contributed by atoms with Gasteiger partial charge in [-0.05, 0) is 32.0 Å². The van der Waals surface area contributed by atoms with Gasteiger partial charge in [-0.25, -0.2) is 9.78 Å². The van der Waals surface area contributed by atoms with Crippen LogP contribution in [-0.2, 0) is 6.54 Å². The molecule has 0 aliphatic carbocycles. The van der Waals surface area contributed by atoms with Crippen molar-refractivity contribution in [2.75, 3.05) is 5.32 Å². The van der Waals surface area contributed by atoms with Crippen molar-refractivity contribution in [2.45, 2.75) is 20.4 Å². The summed E-state index contributed by atoms with van der Waals surface area (Å²) in [6.07, 6.45) is 1.42. The second-order valence-corrected chi connectivity index (χ2v) is 4.15. The van der Waals surface area contributed by atoms with Crippen LogP contribution in [0.4, 0.5) is 5.82 Å². The maximum absolute atomic E-state index is 12.2. The Morgan fingerprint density at radius 3 is 2.85 bits per heavy atom. The number of aromatic carboxylic acids is 1. The number of amides is 1. The van der Waals surface area contributed by atoms with Crippen LogP contribution in [0, 0.1) is 6.92 Å². The minimum atomic E-state index is -1.14. The Hall–Kier alpha value is -2.70. The van der Waals surface area contributed by atoms with E-state index in [0.29, 0.717) is 12.2 Å². The van der Waals surface area contributed by atoms with Crippen molar-refractivity contribution in [1.29, 1.82) is 0 Å². The molecule has 2 aromatic rings. The van der Waals surface area contributed by atoms with E-state index in [4.69, 9.17) is 5.11 Å². The van der Waals surface area contributed by atoms with Crippen LogP contribution < -0.4 is 5.32 Å². The van der Waals surface area contributed by atoms with Crippen LogP contribution in [0.25, 0.3) is 0 Å². The van der Waals surface area contributed by atoms with Crippen LogP contribution in [0.3, 0.4) is 0 Å². The Labute approximate surface area is 115 Å². The maximum atomic E-state index is 12.2. The molecule has 0 bridgehead atoms. The second kappa shape index (κ2) is 5.52. The number of rotatable bonds is 4. The molecule has 20 heavy (non-hydrogen) atoms. The summed E-state index contributed by atoms with van der Waals surface area (Å²) in [6.45, 7) is 4.20. The topological polar surface area (TPSA) is 97.1 Å². The average Bonchev–Trinajstić information content (AvgIpc) is 2.80. The molecule has 0 fully saturated rings. The Morgan fingerprint density at radius 1 is 1.45 bits per heavy atom. The van der Waals surface area contributed by atoms with Crippen molar-refractivity contribution in [2.24, 2.45) is 0 Å². The first-order valence-corrected chi connectivity index (χ1v) is 6.07. The number of pyridine rings is 1. The van der Waals surface area contributed by atoms with Crippen molar-refractivity contribution >= 4 is 17.7 Å². The highest BCUT2D eigenvalue weighted by molar-refractivity contribution is 6.06. The van der Waals surface area contributed by atoms with E-state index in [2.05, 4.69) is 15.4 Å². The number of carbonyl (C=O) groups is 2. The lowest BCUT2D eigenvalue weighted by molar-refractivity contribution is 0.0697. The van der Waals surface area contributed by atoms with E-state index in [-0.39, 0.29) is 11.4 Å². The lowest BCUT2D eigenvalue weighted by Crippen LogP contribution is -2.19. The summed E-state index contributed by atoms with van der Waals surface area (Å²) in [4.78, 5) is 27.1. The monoisotopic (exact) mass is 274 g/mol. The molecule has 0 aromatic carbocycles. The molecule has 0 aliphatic rings. The van der Waals surface area contributed by atoms with E-state index in [1.807, 2.05) is 6.92 Å². The number of anilines is 1.